The van der Waals surface area contributed by atoms with E-state index >= 15 is 0 Å². The minimum atomic E-state index is -0.298. The zero-order valence-electron chi connectivity index (χ0n) is 7.54. The molecule has 0 radical (unpaired) electrons. The van der Waals surface area contributed by atoms with Crippen molar-refractivity contribution in [2.75, 3.05) is 0 Å². The van der Waals surface area contributed by atoms with Crippen LogP contribution in [0.25, 0.3) is 0 Å². The molecule has 1 aliphatic carbocycles. The molecular weight excluding hydrogens is 166 g/mol. The van der Waals surface area contributed by atoms with Gasteiger partial charge in [0.2, 0.25) is 0 Å². The number of hydrogen-bond acceptors (Lipinski definition) is 2. The molecule has 1 aromatic carbocycles. The summed E-state index contributed by atoms with van der Waals surface area (Å²) in [4.78, 5) is 10.3. The Morgan fingerprint density at radius 2 is 1.92 bits per heavy atom. The summed E-state index contributed by atoms with van der Waals surface area (Å²) in [6.45, 7) is 1.80. The quantitative estimate of drug-likeness (QED) is 0.488. The molecule has 0 amide bonds. The molecular formula is C10H11NO2. The molecule has 2 rings (SSSR count). The predicted octanol–water partition coefficient (Wildman–Crippen LogP) is 2.39. The third-order valence-electron chi connectivity index (χ3n) is 2.61. The van der Waals surface area contributed by atoms with E-state index in [1.165, 1.54) is 5.56 Å². The number of aryl methyl sites for hydroxylation is 3. The summed E-state index contributed by atoms with van der Waals surface area (Å²) in [5, 5.41) is 10.6. The van der Waals surface area contributed by atoms with E-state index < -0.39 is 0 Å². The first-order chi connectivity index (χ1) is 6.18. The lowest BCUT2D eigenvalue weighted by Crippen LogP contribution is -1.94. The van der Waals surface area contributed by atoms with Crippen molar-refractivity contribution in [3.63, 3.8) is 0 Å². The molecule has 0 atom stereocenters. The second kappa shape index (κ2) is 2.83. The maximum atomic E-state index is 10.6. The van der Waals surface area contributed by atoms with Crippen LogP contribution >= 0.6 is 0 Å². The average molecular weight is 177 g/mol. The van der Waals surface area contributed by atoms with Gasteiger partial charge >= 0.3 is 0 Å². The first-order valence-electron chi connectivity index (χ1n) is 4.45. The van der Waals surface area contributed by atoms with Gasteiger partial charge in [-0.3, -0.25) is 10.1 Å². The van der Waals surface area contributed by atoms with Gasteiger partial charge in [0, 0.05) is 11.6 Å². The number of fused-ring (bicyclic) bond motifs is 1. The first kappa shape index (κ1) is 8.23. The third-order valence-corrected chi connectivity index (χ3v) is 2.61. The van der Waals surface area contributed by atoms with Crippen LogP contribution in [0.2, 0.25) is 0 Å². The minimum Gasteiger partial charge on any atom is -0.258 e. The minimum absolute atomic E-state index is 0.264. The predicted molar refractivity (Wildman–Crippen MR) is 49.9 cm³/mol. The van der Waals surface area contributed by atoms with Gasteiger partial charge < -0.3 is 0 Å². The number of nitro benzene ring substituents is 1. The smallest absolute Gasteiger partial charge is 0.258 e. The van der Waals surface area contributed by atoms with Crippen LogP contribution in [0.3, 0.4) is 0 Å². The molecule has 3 heteroatoms. The Kier molecular flexibility index (Phi) is 1.79. The van der Waals surface area contributed by atoms with Crippen molar-refractivity contribution in [2.24, 2.45) is 0 Å². The summed E-state index contributed by atoms with van der Waals surface area (Å²) in [5.41, 5.74) is 3.51. The molecule has 0 spiro atoms. The number of benzene rings is 1. The molecule has 0 fully saturated rings. The van der Waals surface area contributed by atoms with Crippen LogP contribution in [0.1, 0.15) is 23.1 Å². The van der Waals surface area contributed by atoms with Crippen molar-refractivity contribution >= 4 is 5.69 Å². The Balaban J connectivity index is 2.55. The van der Waals surface area contributed by atoms with Crippen molar-refractivity contribution < 1.29 is 4.92 Å². The van der Waals surface area contributed by atoms with E-state index in [1.54, 1.807) is 13.0 Å². The van der Waals surface area contributed by atoms with Gasteiger partial charge in [0.25, 0.3) is 5.69 Å². The van der Waals surface area contributed by atoms with Crippen LogP contribution in [0, 0.1) is 17.0 Å². The molecule has 0 aliphatic heterocycles. The summed E-state index contributed by atoms with van der Waals surface area (Å²) in [6, 6.07) is 3.69. The fraction of sp³-hybridized carbons (Fsp3) is 0.400. The molecule has 0 bridgehead atoms. The Hall–Kier alpha value is -1.38. The largest absolute Gasteiger partial charge is 0.272 e. The van der Waals surface area contributed by atoms with E-state index in [-0.39, 0.29) is 10.6 Å². The highest BCUT2D eigenvalue weighted by molar-refractivity contribution is 5.48. The van der Waals surface area contributed by atoms with E-state index in [9.17, 15) is 10.1 Å². The van der Waals surface area contributed by atoms with Gasteiger partial charge in [-0.2, -0.15) is 0 Å². The van der Waals surface area contributed by atoms with Crippen molar-refractivity contribution in [1.82, 2.24) is 0 Å². The molecule has 1 aromatic rings. The van der Waals surface area contributed by atoms with Crippen molar-refractivity contribution in [2.45, 2.75) is 26.2 Å². The van der Waals surface area contributed by atoms with Crippen LogP contribution < -0.4 is 0 Å². The highest BCUT2D eigenvalue weighted by Gasteiger charge is 2.18. The zero-order chi connectivity index (χ0) is 9.42. The van der Waals surface area contributed by atoms with Gasteiger partial charge in [0.05, 0.1) is 4.92 Å². The SMILES string of the molecule is Cc1cc2c(cc1[N+](=O)[O-])CCC2. The fourth-order valence-corrected chi connectivity index (χ4v) is 1.93. The molecule has 0 saturated carbocycles. The van der Waals surface area contributed by atoms with E-state index in [4.69, 9.17) is 0 Å². The van der Waals surface area contributed by atoms with E-state index in [0.29, 0.717) is 0 Å². The highest BCUT2D eigenvalue weighted by atomic mass is 16.6. The first-order valence-corrected chi connectivity index (χ1v) is 4.45. The Morgan fingerprint density at radius 3 is 2.54 bits per heavy atom. The normalized spacial score (nSPS) is 14.2. The maximum absolute atomic E-state index is 10.6. The molecule has 3 nitrogen and oxygen atoms in total. The lowest BCUT2D eigenvalue weighted by atomic mass is 10.1. The summed E-state index contributed by atoms with van der Waals surface area (Å²) in [6.07, 6.45) is 3.21. The van der Waals surface area contributed by atoms with Crippen molar-refractivity contribution in [3.05, 3.63) is 38.9 Å². The summed E-state index contributed by atoms with van der Waals surface area (Å²) >= 11 is 0. The molecule has 0 N–H and O–H groups in total. The van der Waals surface area contributed by atoms with Gasteiger partial charge in [-0.15, -0.1) is 0 Å². The van der Waals surface area contributed by atoms with Gasteiger partial charge in [0.15, 0.2) is 0 Å². The molecule has 0 aromatic heterocycles. The average Bonchev–Trinajstić information content (AvgIpc) is 2.48. The van der Waals surface area contributed by atoms with Crippen LogP contribution in [-0.4, -0.2) is 4.92 Å². The molecule has 0 heterocycles. The maximum Gasteiger partial charge on any atom is 0.272 e. The van der Waals surface area contributed by atoms with E-state index in [1.807, 2.05) is 6.07 Å². The van der Waals surface area contributed by atoms with Crippen LogP contribution in [0.5, 0.6) is 0 Å². The van der Waals surface area contributed by atoms with E-state index in [2.05, 4.69) is 0 Å². The van der Waals surface area contributed by atoms with Gasteiger partial charge in [-0.1, -0.05) is 0 Å². The third kappa shape index (κ3) is 1.30. The fourth-order valence-electron chi connectivity index (χ4n) is 1.93. The Bertz CT molecular complexity index is 371. The van der Waals surface area contributed by atoms with Gasteiger partial charge in [-0.25, -0.2) is 0 Å². The highest BCUT2D eigenvalue weighted by Crippen LogP contribution is 2.28. The number of nitro groups is 1. The Labute approximate surface area is 76.5 Å². The molecule has 68 valence electrons. The summed E-state index contributed by atoms with van der Waals surface area (Å²) in [7, 11) is 0. The monoisotopic (exact) mass is 177 g/mol. The number of nitrogens with zero attached hydrogens (tertiary/aromatic N) is 1. The van der Waals surface area contributed by atoms with Gasteiger partial charge in [0.1, 0.15) is 0 Å². The lowest BCUT2D eigenvalue weighted by Gasteiger charge is -2.01. The zero-order valence-corrected chi connectivity index (χ0v) is 7.54. The second-order valence-corrected chi connectivity index (χ2v) is 3.52. The van der Waals surface area contributed by atoms with Crippen LogP contribution in [0.4, 0.5) is 5.69 Å². The van der Waals surface area contributed by atoms with Crippen LogP contribution in [0.15, 0.2) is 12.1 Å². The Morgan fingerprint density at radius 1 is 1.31 bits per heavy atom. The molecule has 0 unspecified atom stereocenters. The lowest BCUT2D eigenvalue weighted by molar-refractivity contribution is -0.385. The summed E-state index contributed by atoms with van der Waals surface area (Å²) in [5.74, 6) is 0. The van der Waals surface area contributed by atoms with Crippen molar-refractivity contribution in [3.8, 4) is 0 Å². The van der Waals surface area contributed by atoms with Crippen LogP contribution in [-0.2, 0) is 12.8 Å². The van der Waals surface area contributed by atoms with E-state index in [0.717, 1.165) is 30.4 Å². The standard InChI is InChI=1S/C10H11NO2/c1-7-5-8-3-2-4-9(8)6-10(7)11(12)13/h5-6H,2-4H2,1H3. The van der Waals surface area contributed by atoms with Gasteiger partial charge in [-0.05, 0) is 43.4 Å². The number of rotatable bonds is 1. The van der Waals surface area contributed by atoms with Crippen molar-refractivity contribution in [1.29, 1.82) is 0 Å². The topological polar surface area (TPSA) is 43.1 Å². The number of hydrogen-bond donors (Lipinski definition) is 0. The molecule has 1 aliphatic rings. The molecule has 0 saturated heterocycles. The molecule has 13 heavy (non-hydrogen) atoms. The second-order valence-electron chi connectivity index (χ2n) is 3.52. The summed E-state index contributed by atoms with van der Waals surface area (Å²) < 4.78 is 0.